The number of amides is 2. The van der Waals surface area contributed by atoms with Crippen LogP contribution in [0.1, 0.15) is 28.4 Å². The van der Waals surface area contributed by atoms with E-state index in [1.165, 1.54) is 0 Å². The molecule has 0 saturated carbocycles. The van der Waals surface area contributed by atoms with Crippen LogP contribution in [0, 0.1) is 0 Å². The number of aromatic nitrogens is 1. The van der Waals surface area contributed by atoms with Gasteiger partial charge in [0.15, 0.2) is 0 Å². The monoisotopic (exact) mass is 424 g/mol. The summed E-state index contributed by atoms with van der Waals surface area (Å²) in [6.07, 6.45) is 3.81. The Morgan fingerprint density at radius 1 is 1.10 bits per heavy atom. The van der Waals surface area contributed by atoms with Crippen molar-refractivity contribution in [2.75, 3.05) is 26.2 Å². The maximum Gasteiger partial charge on any atom is 0.251 e. The summed E-state index contributed by atoms with van der Waals surface area (Å²) in [6, 6.07) is 17.4. The van der Waals surface area contributed by atoms with E-state index < -0.39 is 0 Å². The molecular weight excluding hydrogens is 400 g/mol. The lowest BCUT2D eigenvalue weighted by Crippen LogP contribution is -2.49. The minimum absolute atomic E-state index is 0. The number of carbonyl (C=O) groups is 2. The van der Waals surface area contributed by atoms with Gasteiger partial charge in [-0.3, -0.25) is 14.6 Å². The second-order valence-corrected chi connectivity index (χ2v) is 7.16. The lowest BCUT2D eigenvalue weighted by atomic mass is 10.0. The standard InChI is InChI=1S/C23H24N4O2.ClH/c28-22(27-13-12-25-16-21(27)20-6-3-10-24-15-20)9-11-26-23(29)19-8-7-17-4-1-2-5-18(17)14-19;/h1-8,10,14-15,21,25H,9,11-13,16H2,(H,26,29);1H. The van der Waals surface area contributed by atoms with Gasteiger partial charge in [-0.2, -0.15) is 0 Å². The first-order valence-electron chi connectivity index (χ1n) is 9.89. The largest absolute Gasteiger partial charge is 0.352 e. The number of nitrogens with one attached hydrogen (secondary N) is 2. The second-order valence-electron chi connectivity index (χ2n) is 7.16. The third-order valence-corrected chi connectivity index (χ3v) is 5.27. The first-order valence-corrected chi connectivity index (χ1v) is 9.89. The molecule has 0 radical (unpaired) electrons. The highest BCUT2D eigenvalue weighted by Gasteiger charge is 2.27. The van der Waals surface area contributed by atoms with Gasteiger partial charge in [0, 0.05) is 50.6 Å². The lowest BCUT2D eigenvalue weighted by molar-refractivity contribution is -0.134. The van der Waals surface area contributed by atoms with Crippen LogP contribution in [-0.2, 0) is 4.79 Å². The highest BCUT2D eigenvalue weighted by molar-refractivity contribution is 5.98. The highest BCUT2D eigenvalue weighted by Crippen LogP contribution is 2.22. The fraction of sp³-hybridized carbons (Fsp3) is 0.261. The molecule has 3 aromatic rings. The molecule has 1 fully saturated rings. The minimum Gasteiger partial charge on any atom is -0.352 e. The van der Waals surface area contributed by atoms with Crippen LogP contribution in [0.25, 0.3) is 10.8 Å². The van der Waals surface area contributed by atoms with E-state index in [1.807, 2.05) is 59.5 Å². The summed E-state index contributed by atoms with van der Waals surface area (Å²) < 4.78 is 0. The SMILES string of the molecule is Cl.O=C(NCCC(=O)N1CCNCC1c1cccnc1)c1ccc2ccccc2c1. The van der Waals surface area contributed by atoms with Crippen molar-refractivity contribution >= 4 is 35.0 Å². The number of fused-ring (bicyclic) bond motifs is 1. The van der Waals surface area contributed by atoms with Gasteiger partial charge in [0.2, 0.25) is 5.91 Å². The maximum atomic E-state index is 12.8. The summed E-state index contributed by atoms with van der Waals surface area (Å²) >= 11 is 0. The molecule has 6 nitrogen and oxygen atoms in total. The Morgan fingerprint density at radius 2 is 1.93 bits per heavy atom. The molecule has 7 heteroatoms. The second kappa shape index (κ2) is 10.2. The van der Waals surface area contributed by atoms with Gasteiger partial charge >= 0.3 is 0 Å². The number of rotatable bonds is 5. The van der Waals surface area contributed by atoms with Crippen molar-refractivity contribution in [1.82, 2.24) is 20.5 Å². The average molecular weight is 425 g/mol. The first-order chi connectivity index (χ1) is 14.2. The smallest absolute Gasteiger partial charge is 0.251 e. The van der Waals surface area contributed by atoms with Crippen molar-refractivity contribution in [2.45, 2.75) is 12.5 Å². The number of hydrogen-bond acceptors (Lipinski definition) is 4. The average Bonchev–Trinajstić information content (AvgIpc) is 2.79. The highest BCUT2D eigenvalue weighted by atomic mass is 35.5. The predicted octanol–water partition coefficient (Wildman–Crippen LogP) is 2.95. The molecule has 1 unspecified atom stereocenters. The van der Waals surface area contributed by atoms with E-state index in [0.717, 1.165) is 22.9 Å². The van der Waals surface area contributed by atoms with Crippen LogP contribution in [0.5, 0.6) is 0 Å². The summed E-state index contributed by atoms with van der Waals surface area (Å²) in [5.74, 6) is -0.119. The normalized spacial score (nSPS) is 16.0. The molecule has 2 amide bonds. The number of carbonyl (C=O) groups excluding carboxylic acids is 2. The number of pyridine rings is 1. The van der Waals surface area contributed by atoms with Gasteiger partial charge in [-0.15, -0.1) is 12.4 Å². The zero-order valence-electron chi connectivity index (χ0n) is 16.6. The quantitative estimate of drug-likeness (QED) is 0.660. The molecule has 2 aromatic carbocycles. The van der Waals surface area contributed by atoms with E-state index in [1.54, 1.807) is 12.4 Å². The van der Waals surface area contributed by atoms with Crippen molar-refractivity contribution < 1.29 is 9.59 Å². The van der Waals surface area contributed by atoms with Gasteiger partial charge in [-0.05, 0) is 34.5 Å². The molecule has 4 rings (SSSR count). The Kier molecular flexibility index (Phi) is 7.38. The summed E-state index contributed by atoms with van der Waals surface area (Å²) in [4.78, 5) is 31.3. The predicted molar refractivity (Wildman–Crippen MR) is 120 cm³/mol. The van der Waals surface area contributed by atoms with Crippen molar-refractivity contribution in [1.29, 1.82) is 0 Å². The molecule has 1 saturated heterocycles. The summed E-state index contributed by atoms with van der Waals surface area (Å²) in [5, 5.41) is 8.33. The lowest BCUT2D eigenvalue weighted by Gasteiger charge is -2.36. The fourth-order valence-corrected chi connectivity index (χ4v) is 3.73. The van der Waals surface area contributed by atoms with E-state index >= 15 is 0 Å². The Labute approximate surface area is 182 Å². The third-order valence-electron chi connectivity index (χ3n) is 5.27. The molecule has 1 aromatic heterocycles. The Balaban J connectivity index is 0.00000256. The van der Waals surface area contributed by atoms with Gasteiger partial charge in [0.05, 0.1) is 6.04 Å². The van der Waals surface area contributed by atoms with Crippen LogP contribution in [0.15, 0.2) is 67.0 Å². The molecule has 1 aliphatic rings. The van der Waals surface area contributed by atoms with Crippen LogP contribution in [0.3, 0.4) is 0 Å². The van der Waals surface area contributed by atoms with Gasteiger partial charge < -0.3 is 15.5 Å². The van der Waals surface area contributed by atoms with Gasteiger partial charge in [0.25, 0.3) is 5.91 Å². The van der Waals surface area contributed by atoms with E-state index in [2.05, 4.69) is 15.6 Å². The van der Waals surface area contributed by atoms with Gasteiger partial charge in [-0.25, -0.2) is 0 Å². The topological polar surface area (TPSA) is 74.3 Å². The molecular formula is C23H25ClN4O2. The van der Waals surface area contributed by atoms with Crippen molar-refractivity contribution in [3.05, 3.63) is 78.1 Å². The molecule has 0 aliphatic carbocycles. The fourth-order valence-electron chi connectivity index (χ4n) is 3.73. The van der Waals surface area contributed by atoms with Crippen LogP contribution >= 0.6 is 12.4 Å². The van der Waals surface area contributed by atoms with Crippen LogP contribution in [-0.4, -0.2) is 47.9 Å². The maximum absolute atomic E-state index is 12.8. The van der Waals surface area contributed by atoms with Crippen molar-refractivity contribution in [3.8, 4) is 0 Å². The molecule has 0 bridgehead atoms. The number of hydrogen-bond donors (Lipinski definition) is 2. The summed E-state index contributed by atoms with van der Waals surface area (Å²) in [7, 11) is 0. The zero-order chi connectivity index (χ0) is 20.1. The number of halogens is 1. The first kappa shape index (κ1) is 21.7. The van der Waals surface area contributed by atoms with E-state index in [-0.39, 0.29) is 36.7 Å². The van der Waals surface area contributed by atoms with Crippen LogP contribution in [0.4, 0.5) is 0 Å². The van der Waals surface area contributed by atoms with Crippen LogP contribution in [0.2, 0.25) is 0 Å². The van der Waals surface area contributed by atoms with E-state index in [9.17, 15) is 9.59 Å². The Bertz CT molecular complexity index is 1010. The summed E-state index contributed by atoms with van der Waals surface area (Å²) in [6.45, 7) is 2.44. The Morgan fingerprint density at radius 3 is 2.73 bits per heavy atom. The van der Waals surface area contributed by atoms with Crippen LogP contribution < -0.4 is 10.6 Å². The molecule has 0 spiro atoms. The number of benzene rings is 2. The molecule has 1 atom stereocenters. The number of piperazine rings is 1. The van der Waals surface area contributed by atoms with Gasteiger partial charge in [-0.1, -0.05) is 36.4 Å². The zero-order valence-corrected chi connectivity index (χ0v) is 17.4. The third kappa shape index (κ3) is 4.96. The Hall–Kier alpha value is -2.96. The molecule has 2 heterocycles. The molecule has 1 aliphatic heterocycles. The summed E-state index contributed by atoms with van der Waals surface area (Å²) in [5.41, 5.74) is 1.62. The minimum atomic E-state index is -0.160. The van der Waals surface area contributed by atoms with E-state index in [4.69, 9.17) is 0 Å². The molecule has 2 N–H and O–H groups in total. The van der Waals surface area contributed by atoms with E-state index in [0.29, 0.717) is 25.2 Å². The molecule has 30 heavy (non-hydrogen) atoms. The van der Waals surface area contributed by atoms with Gasteiger partial charge in [0.1, 0.15) is 0 Å². The number of nitrogens with zero attached hydrogens (tertiary/aromatic N) is 2. The molecule has 156 valence electrons. The van der Waals surface area contributed by atoms with Crippen molar-refractivity contribution in [2.24, 2.45) is 0 Å². The van der Waals surface area contributed by atoms with Crippen molar-refractivity contribution in [3.63, 3.8) is 0 Å².